The standard InChI is InChI=1S/C14H12N4O/c15-8-9-3-1-2-4-13(9)18-14(19)11-6-5-10(16)7-12(11)17/h1-7H,16-17H2,(H,18,19). The Morgan fingerprint density at radius 2 is 1.89 bits per heavy atom. The highest BCUT2D eigenvalue weighted by Crippen LogP contribution is 2.19. The number of carbonyl (C=O) groups is 1. The molecule has 19 heavy (non-hydrogen) atoms. The van der Waals surface area contributed by atoms with Gasteiger partial charge in [-0.3, -0.25) is 4.79 Å². The zero-order valence-corrected chi connectivity index (χ0v) is 10.1. The van der Waals surface area contributed by atoms with E-state index in [1.165, 1.54) is 6.07 Å². The zero-order valence-electron chi connectivity index (χ0n) is 10.1. The highest BCUT2D eigenvalue weighted by atomic mass is 16.1. The van der Waals surface area contributed by atoms with Gasteiger partial charge in [-0.05, 0) is 30.3 Å². The van der Waals surface area contributed by atoms with Crippen LogP contribution in [-0.4, -0.2) is 5.91 Å². The lowest BCUT2D eigenvalue weighted by Gasteiger charge is -2.09. The molecule has 0 saturated heterocycles. The van der Waals surface area contributed by atoms with Gasteiger partial charge in [-0.15, -0.1) is 0 Å². The minimum absolute atomic E-state index is 0.298. The number of para-hydroxylation sites is 1. The van der Waals surface area contributed by atoms with Gasteiger partial charge in [-0.2, -0.15) is 5.26 Å². The summed E-state index contributed by atoms with van der Waals surface area (Å²) in [6.45, 7) is 0. The number of hydrogen-bond acceptors (Lipinski definition) is 4. The molecule has 2 aromatic rings. The summed E-state index contributed by atoms with van der Waals surface area (Å²) in [7, 11) is 0. The summed E-state index contributed by atoms with van der Waals surface area (Å²) < 4.78 is 0. The van der Waals surface area contributed by atoms with Crippen molar-refractivity contribution in [2.75, 3.05) is 16.8 Å². The smallest absolute Gasteiger partial charge is 0.257 e. The Labute approximate surface area is 110 Å². The fourth-order valence-electron chi connectivity index (χ4n) is 1.67. The Hall–Kier alpha value is -3.00. The van der Waals surface area contributed by atoms with Crippen molar-refractivity contribution in [2.45, 2.75) is 0 Å². The molecule has 2 rings (SSSR count). The topological polar surface area (TPSA) is 105 Å². The number of benzene rings is 2. The van der Waals surface area contributed by atoms with Gasteiger partial charge in [0, 0.05) is 11.4 Å². The van der Waals surface area contributed by atoms with Crippen molar-refractivity contribution in [2.24, 2.45) is 0 Å². The SMILES string of the molecule is N#Cc1ccccc1NC(=O)c1ccc(N)cc1N. The zero-order chi connectivity index (χ0) is 13.8. The monoisotopic (exact) mass is 252 g/mol. The fourth-order valence-corrected chi connectivity index (χ4v) is 1.67. The predicted molar refractivity (Wildman–Crippen MR) is 74.4 cm³/mol. The first kappa shape index (κ1) is 12.5. The van der Waals surface area contributed by atoms with E-state index in [4.69, 9.17) is 16.7 Å². The van der Waals surface area contributed by atoms with E-state index in [2.05, 4.69) is 5.32 Å². The van der Waals surface area contributed by atoms with E-state index in [0.29, 0.717) is 28.2 Å². The molecule has 0 aliphatic heterocycles. The molecule has 0 radical (unpaired) electrons. The maximum atomic E-state index is 12.1. The molecular formula is C14H12N4O. The Morgan fingerprint density at radius 3 is 2.58 bits per heavy atom. The number of nitriles is 1. The van der Waals surface area contributed by atoms with Crippen LogP contribution in [0.5, 0.6) is 0 Å². The number of nitrogens with zero attached hydrogens (tertiary/aromatic N) is 1. The van der Waals surface area contributed by atoms with E-state index in [-0.39, 0.29) is 5.91 Å². The van der Waals surface area contributed by atoms with E-state index < -0.39 is 0 Å². The fraction of sp³-hybridized carbons (Fsp3) is 0. The van der Waals surface area contributed by atoms with Crippen molar-refractivity contribution in [1.82, 2.24) is 0 Å². The summed E-state index contributed by atoms with van der Waals surface area (Å²) in [4.78, 5) is 12.1. The lowest BCUT2D eigenvalue weighted by Crippen LogP contribution is -2.15. The molecule has 1 amide bonds. The van der Waals surface area contributed by atoms with Crippen LogP contribution in [-0.2, 0) is 0 Å². The Balaban J connectivity index is 2.29. The van der Waals surface area contributed by atoms with Gasteiger partial charge in [0.2, 0.25) is 0 Å². The molecule has 94 valence electrons. The number of nitrogen functional groups attached to an aromatic ring is 2. The molecular weight excluding hydrogens is 240 g/mol. The van der Waals surface area contributed by atoms with Crippen molar-refractivity contribution < 1.29 is 4.79 Å². The van der Waals surface area contributed by atoms with Crippen molar-refractivity contribution in [3.05, 3.63) is 53.6 Å². The lowest BCUT2D eigenvalue weighted by molar-refractivity contribution is 0.102. The third kappa shape index (κ3) is 2.64. The van der Waals surface area contributed by atoms with E-state index in [1.807, 2.05) is 6.07 Å². The average molecular weight is 252 g/mol. The molecule has 0 atom stereocenters. The van der Waals surface area contributed by atoms with Crippen LogP contribution in [0.25, 0.3) is 0 Å². The largest absolute Gasteiger partial charge is 0.399 e. The Bertz CT molecular complexity index is 673. The molecule has 0 fully saturated rings. The summed E-state index contributed by atoms with van der Waals surface area (Å²) in [6, 6.07) is 13.4. The van der Waals surface area contributed by atoms with E-state index in [1.54, 1.807) is 36.4 Å². The van der Waals surface area contributed by atoms with E-state index >= 15 is 0 Å². The normalized spacial score (nSPS) is 9.63. The van der Waals surface area contributed by atoms with Crippen LogP contribution >= 0.6 is 0 Å². The molecule has 0 heterocycles. The maximum absolute atomic E-state index is 12.1. The molecule has 5 heteroatoms. The maximum Gasteiger partial charge on any atom is 0.257 e. The summed E-state index contributed by atoms with van der Waals surface area (Å²) >= 11 is 0. The summed E-state index contributed by atoms with van der Waals surface area (Å²) in [5, 5.41) is 11.6. The molecule has 0 aromatic heterocycles. The van der Waals surface area contributed by atoms with Crippen LogP contribution < -0.4 is 16.8 Å². The number of amides is 1. The minimum Gasteiger partial charge on any atom is -0.399 e. The molecule has 0 saturated carbocycles. The van der Waals surface area contributed by atoms with Gasteiger partial charge in [0.25, 0.3) is 5.91 Å². The molecule has 0 unspecified atom stereocenters. The molecule has 2 aromatic carbocycles. The van der Waals surface area contributed by atoms with Crippen LogP contribution in [0.15, 0.2) is 42.5 Å². The quantitative estimate of drug-likeness (QED) is 0.710. The van der Waals surface area contributed by atoms with E-state index in [0.717, 1.165) is 0 Å². The van der Waals surface area contributed by atoms with Gasteiger partial charge >= 0.3 is 0 Å². The first-order valence-corrected chi connectivity index (χ1v) is 5.57. The molecule has 0 aliphatic rings. The molecule has 5 nitrogen and oxygen atoms in total. The molecule has 0 bridgehead atoms. The molecule has 0 spiro atoms. The minimum atomic E-state index is -0.375. The Morgan fingerprint density at radius 1 is 1.16 bits per heavy atom. The molecule has 0 aliphatic carbocycles. The second-order valence-electron chi connectivity index (χ2n) is 3.96. The van der Waals surface area contributed by atoms with Crippen LogP contribution in [0.2, 0.25) is 0 Å². The van der Waals surface area contributed by atoms with Crippen molar-refractivity contribution in [3.8, 4) is 6.07 Å². The first-order valence-electron chi connectivity index (χ1n) is 5.57. The van der Waals surface area contributed by atoms with Gasteiger partial charge in [-0.1, -0.05) is 12.1 Å². The number of carbonyl (C=O) groups excluding carboxylic acids is 1. The first-order chi connectivity index (χ1) is 9.11. The van der Waals surface area contributed by atoms with Gasteiger partial charge in [0.1, 0.15) is 6.07 Å². The van der Waals surface area contributed by atoms with E-state index in [9.17, 15) is 4.79 Å². The third-order valence-electron chi connectivity index (χ3n) is 2.62. The lowest BCUT2D eigenvalue weighted by atomic mass is 10.1. The van der Waals surface area contributed by atoms with Crippen LogP contribution in [0.4, 0.5) is 17.1 Å². The highest BCUT2D eigenvalue weighted by Gasteiger charge is 2.11. The van der Waals surface area contributed by atoms with Gasteiger partial charge in [-0.25, -0.2) is 0 Å². The average Bonchev–Trinajstić information content (AvgIpc) is 2.39. The second-order valence-corrected chi connectivity index (χ2v) is 3.96. The number of hydrogen-bond donors (Lipinski definition) is 3. The third-order valence-corrected chi connectivity index (χ3v) is 2.62. The number of rotatable bonds is 2. The number of nitrogens with one attached hydrogen (secondary N) is 1. The van der Waals surface area contributed by atoms with Crippen molar-refractivity contribution in [1.29, 1.82) is 5.26 Å². The van der Waals surface area contributed by atoms with Crippen molar-refractivity contribution in [3.63, 3.8) is 0 Å². The summed E-state index contributed by atoms with van der Waals surface area (Å²) in [5.41, 5.74) is 13.3. The van der Waals surface area contributed by atoms with Gasteiger partial charge < -0.3 is 16.8 Å². The van der Waals surface area contributed by atoms with Crippen LogP contribution in [0.3, 0.4) is 0 Å². The molecule has 5 N–H and O–H groups in total. The summed E-state index contributed by atoms with van der Waals surface area (Å²) in [5.74, 6) is -0.375. The highest BCUT2D eigenvalue weighted by molar-refractivity contribution is 6.08. The second kappa shape index (κ2) is 5.10. The number of anilines is 3. The predicted octanol–water partition coefficient (Wildman–Crippen LogP) is 1.97. The Kier molecular flexibility index (Phi) is 3.35. The van der Waals surface area contributed by atoms with Gasteiger partial charge in [0.15, 0.2) is 0 Å². The van der Waals surface area contributed by atoms with Gasteiger partial charge in [0.05, 0.1) is 16.8 Å². The van der Waals surface area contributed by atoms with Crippen LogP contribution in [0.1, 0.15) is 15.9 Å². The number of nitrogens with two attached hydrogens (primary N) is 2. The summed E-state index contributed by atoms with van der Waals surface area (Å²) in [6.07, 6.45) is 0. The van der Waals surface area contributed by atoms with Crippen LogP contribution in [0, 0.1) is 11.3 Å². The van der Waals surface area contributed by atoms with Crippen molar-refractivity contribution >= 4 is 23.0 Å².